The summed E-state index contributed by atoms with van der Waals surface area (Å²) in [4.78, 5) is 12.2. The molecule has 0 atom stereocenters. The first-order valence-corrected chi connectivity index (χ1v) is 7.68. The number of ketones is 1. The van der Waals surface area contributed by atoms with Crippen molar-refractivity contribution in [1.82, 2.24) is 9.78 Å². The van der Waals surface area contributed by atoms with E-state index in [1.807, 2.05) is 32.0 Å². The average Bonchev–Trinajstić information content (AvgIpc) is 3.06. The molecule has 0 aliphatic heterocycles. The number of allylic oxidation sites excluding steroid dienone is 1. The first-order chi connectivity index (χ1) is 11.2. The molecule has 0 bridgehead atoms. The zero-order chi connectivity index (χ0) is 16.7. The fourth-order valence-corrected chi connectivity index (χ4v) is 2.28. The Morgan fingerprint density at radius 1 is 1.30 bits per heavy atom. The summed E-state index contributed by atoms with van der Waals surface area (Å²) in [6, 6.07) is 7.49. The lowest BCUT2D eigenvalue weighted by molar-refractivity contribution is 0.103. The van der Waals surface area contributed by atoms with Gasteiger partial charge >= 0.3 is 0 Å². The van der Waals surface area contributed by atoms with E-state index >= 15 is 0 Å². The van der Waals surface area contributed by atoms with Gasteiger partial charge in [-0.3, -0.25) is 9.48 Å². The summed E-state index contributed by atoms with van der Waals surface area (Å²) >= 11 is 0. The number of hydrogen-bond donors (Lipinski definition) is 0. The first-order valence-electron chi connectivity index (χ1n) is 7.68. The number of benzene rings is 1. The molecule has 5 heteroatoms. The smallest absolute Gasteiger partial charge is 0.203 e. The SMILES string of the molecule is CCOCc1cc(/C=C/C(=O)c2ccnn2CC)ccc1OC. The predicted octanol–water partition coefficient (Wildman–Crippen LogP) is 3.34. The number of ether oxygens (including phenoxy) is 2. The van der Waals surface area contributed by atoms with E-state index in [-0.39, 0.29) is 5.78 Å². The minimum Gasteiger partial charge on any atom is -0.496 e. The molecule has 2 aromatic rings. The van der Waals surface area contributed by atoms with Crippen LogP contribution < -0.4 is 4.74 Å². The molecule has 23 heavy (non-hydrogen) atoms. The monoisotopic (exact) mass is 314 g/mol. The fraction of sp³-hybridized carbons (Fsp3) is 0.333. The van der Waals surface area contributed by atoms with Crippen LogP contribution in [0, 0.1) is 0 Å². The number of aryl methyl sites for hydroxylation is 1. The van der Waals surface area contributed by atoms with E-state index in [4.69, 9.17) is 9.47 Å². The first kappa shape index (κ1) is 17.0. The zero-order valence-electron chi connectivity index (χ0n) is 13.8. The summed E-state index contributed by atoms with van der Waals surface area (Å²) in [5, 5.41) is 4.11. The Morgan fingerprint density at radius 2 is 2.13 bits per heavy atom. The van der Waals surface area contributed by atoms with Gasteiger partial charge in [-0.1, -0.05) is 12.1 Å². The second-order valence-electron chi connectivity index (χ2n) is 4.94. The maximum atomic E-state index is 12.2. The van der Waals surface area contributed by atoms with E-state index < -0.39 is 0 Å². The highest BCUT2D eigenvalue weighted by Gasteiger charge is 2.08. The van der Waals surface area contributed by atoms with Crippen LogP contribution in [0.1, 0.15) is 35.5 Å². The van der Waals surface area contributed by atoms with Crippen LogP contribution in [0.2, 0.25) is 0 Å². The van der Waals surface area contributed by atoms with E-state index in [9.17, 15) is 4.79 Å². The molecule has 1 aromatic heterocycles. The van der Waals surface area contributed by atoms with Crippen molar-refractivity contribution in [3.8, 4) is 5.75 Å². The van der Waals surface area contributed by atoms with Crippen LogP contribution in [-0.2, 0) is 17.9 Å². The Labute approximate surface area is 136 Å². The van der Waals surface area contributed by atoms with Crippen LogP contribution in [-0.4, -0.2) is 29.3 Å². The maximum Gasteiger partial charge on any atom is 0.203 e. The molecule has 5 nitrogen and oxygen atoms in total. The van der Waals surface area contributed by atoms with Crippen molar-refractivity contribution in [2.24, 2.45) is 0 Å². The summed E-state index contributed by atoms with van der Waals surface area (Å²) < 4.78 is 12.5. The standard InChI is InChI=1S/C18H22N2O3/c1-4-20-16(10-11-19-20)17(21)8-6-14-7-9-18(22-3)15(12-14)13-23-5-2/h6-12H,4-5,13H2,1-3H3/b8-6+. The van der Waals surface area contributed by atoms with Crippen molar-refractivity contribution in [3.63, 3.8) is 0 Å². The molecule has 0 spiro atoms. The number of carbonyl (C=O) groups excluding carboxylic acids is 1. The third kappa shape index (κ3) is 4.29. The molecule has 122 valence electrons. The molecule has 0 unspecified atom stereocenters. The van der Waals surface area contributed by atoms with Gasteiger partial charge in [0.25, 0.3) is 0 Å². The van der Waals surface area contributed by atoms with E-state index in [1.54, 1.807) is 36.2 Å². The summed E-state index contributed by atoms with van der Waals surface area (Å²) in [6.45, 7) is 5.70. The molecule has 0 N–H and O–H groups in total. The second-order valence-corrected chi connectivity index (χ2v) is 4.94. The Bertz CT molecular complexity index is 689. The highest BCUT2D eigenvalue weighted by atomic mass is 16.5. The number of carbonyl (C=O) groups is 1. The largest absolute Gasteiger partial charge is 0.496 e. The molecule has 0 aliphatic rings. The molecule has 1 aromatic carbocycles. The molecule has 0 radical (unpaired) electrons. The topological polar surface area (TPSA) is 53.3 Å². The Hall–Kier alpha value is -2.40. The lowest BCUT2D eigenvalue weighted by atomic mass is 10.1. The number of aromatic nitrogens is 2. The van der Waals surface area contributed by atoms with Gasteiger partial charge in [-0.15, -0.1) is 0 Å². The summed E-state index contributed by atoms with van der Waals surface area (Å²) in [5.41, 5.74) is 2.48. The van der Waals surface area contributed by atoms with Gasteiger partial charge in [-0.05, 0) is 43.7 Å². The maximum absolute atomic E-state index is 12.2. The van der Waals surface area contributed by atoms with Crippen LogP contribution in [0.5, 0.6) is 5.75 Å². The van der Waals surface area contributed by atoms with Crippen molar-refractivity contribution in [2.75, 3.05) is 13.7 Å². The lowest BCUT2D eigenvalue weighted by Crippen LogP contribution is -2.07. The van der Waals surface area contributed by atoms with Crippen molar-refractivity contribution in [2.45, 2.75) is 27.0 Å². The van der Waals surface area contributed by atoms with Crippen molar-refractivity contribution < 1.29 is 14.3 Å². The fourth-order valence-electron chi connectivity index (χ4n) is 2.28. The van der Waals surface area contributed by atoms with E-state index in [1.165, 1.54) is 0 Å². The van der Waals surface area contributed by atoms with E-state index in [2.05, 4.69) is 5.10 Å². The molecule has 0 aliphatic carbocycles. The van der Waals surface area contributed by atoms with Crippen LogP contribution >= 0.6 is 0 Å². The Kier molecular flexibility index (Phi) is 6.11. The van der Waals surface area contributed by atoms with Crippen LogP contribution in [0.3, 0.4) is 0 Å². The normalized spacial score (nSPS) is 11.1. The zero-order valence-corrected chi connectivity index (χ0v) is 13.8. The molecule has 0 amide bonds. The highest BCUT2D eigenvalue weighted by molar-refractivity contribution is 6.05. The second kappa shape index (κ2) is 8.29. The van der Waals surface area contributed by atoms with Crippen molar-refractivity contribution in [1.29, 1.82) is 0 Å². The lowest BCUT2D eigenvalue weighted by Gasteiger charge is -2.09. The quantitative estimate of drug-likeness (QED) is 0.554. The molecular formula is C18H22N2O3. The number of nitrogens with zero attached hydrogens (tertiary/aromatic N) is 2. The van der Waals surface area contributed by atoms with Gasteiger partial charge in [-0.25, -0.2) is 0 Å². The Balaban J connectivity index is 2.17. The van der Waals surface area contributed by atoms with Gasteiger partial charge in [0.1, 0.15) is 11.4 Å². The minimum atomic E-state index is -0.0634. The minimum absolute atomic E-state index is 0.0634. The molecule has 0 saturated carbocycles. The summed E-state index contributed by atoms with van der Waals surface area (Å²) in [5.74, 6) is 0.720. The predicted molar refractivity (Wildman–Crippen MR) is 89.6 cm³/mol. The number of methoxy groups -OCH3 is 1. The number of rotatable bonds is 8. The third-order valence-corrected chi connectivity index (χ3v) is 3.46. The third-order valence-electron chi connectivity index (χ3n) is 3.46. The van der Waals surface area contributed by atoms with Crippen LogP contribution in [0.25, 0.3) is 6.08 Å². The molecular weight excluding hydrogens is 292 g/mol. The van der Waals surface area contributed by atoms with Gasteiger partial charge in [0.2, 0.25) is 5.78 Å². The average molecular weight is 314 g/mol. The molecule has 1 heterocycles. The molecule has 2 rings (SSSR count). The van der Waals surface area contributed by atoms with Gasteiger partial charge in [0, 0.05) is 24.9 Å². The van der Waals surface area contributed by atoms with Gasteiger partial charge in [0.15, 0.2) is 0 Å². The molecule has 0 saturated heterocycles. The van der Waals surface area contributed by atoms with Crippen molar-refractivity contribution >= 4 is 11.9 Å². The van der Waals surface area contributed by atoms with Gasteiger partial charge in [-0.2, -0.15) is 5.10 Å². The molecule has 0 fully saturated rings. The van der Waals surface area contributed by atoms with E-state index in [0.717, 1.165) is 16.9 Å². The van der Waals surface area contributed by atoms with Gasteiger partial charge in [0.05, 0.1) is 13.7 Å². The Morgan fingerprint density at radius 3 is 2.83 bits per heavy atom. The van der Waals surface area contributed by atoms with Crippen LogP contribution in [0.15, 0.2) is 36.5 Å². The highest BCUT2D eigenvalue weighted by Crippen LogP contribution is 2.21. The summed E-state index contributed by atoms with van der Waals surface area (Å²) in [6.07, 6.45) is 5.00. The van der Waals surface area contributed by atoms with E-state index in [0.29, 0.717) is 25.5 Å². The van der Waals surface area contributed by atoms with Gasteiger partial charge < -0.3 is 9.47 Å². The van der Waals surface area contributed by atoms with Crippen molar-refractivity contribution in [3.05, 3.63) is 53.4 Å². The number of hydrogen-bond acceptors (Lipinski definition) is 4. The van der Waals surface area contributed by atoms with Crippen LogP contribution in [0.4, 0.5) is 0 Å². The summed E-state index contributed by atoms with van der Waals surface area (Å²) in [7, 11) is 1.63.